The molecule has 3 aromatic rings. The summed E-state index contributed by atoms with van der Waals surface area (Å²) in [7, 11) is 0. The third-order valence-corrected chi connectivity index (χ3v) is 7.27. The second-order valence-corrected chi connectivity index (χ2v) is 9.94. The zero-order valence-corrected chi connectivity index (χ0v) is 21.5. The fourth-order valence-electron chi connectivity index (χ4n) is 5.04. The van der Waals surface area contributed by atoms with Crippen molar-refractivity contribution in [2.24, 2.45) is 11.8 Å². The molecule has 0 saturated carbocycles. The Labute approximate surface area is 217 Å². The number of benzene rings is 3. The van der Waals surface area contributed by atoms with Gasteiger partial charge in [-0.1, -0.05) is 106 Å². The predicted octanol–water partition coefficient (Wildman–Crippen LogP) is 10.6. The highest BCUT2D eigenvalue weighted by molar-refractivity contribution is 5.72. The van der Waals surface area contributed by atoms with Gasteiger partial charge in [0.1, 0.15) is 11.7 Å². The molecular formula is C33H34F4. The molecule has 0 heterocycles. The molecule has 4 heteroatoms. The number of hydrogen-bond acceptors (Lipinski definition) is 0. The van der Waals surface area contributed by atoms with E-state index < -0.39 is 29.2 Å². The summed E-state index contributed by atoms with van der Waals surface area (Å²) in [6.07, 6.45) is 9.23. The topological polar surface area (TPSA) is 0 Å². The van der Waals surface area contributed by atoms with Crippen molar-refractivity contribution in [2.45, 2.75) is 58.8 Å². The normalized spacial score (nSPS) is 18.1. The molecule has 0 saturated heterocycles. The Bertz CT molecular complexity index is 1250. The molecule has 1 aliphatic rings. The Morgan fingerprint density at radius 2 is 1.30 bits per heavy atom. The summed E-state index contributed by atoms with van der Waals surface area (Å²) >= 11 is 0. The van der Waals surface area contributed by atoms with Crippen molar-refractivity contribution < 1.29 is 17.6 Å². The van der Waals surface area contributed by atoms with Gasteiger partial charge in [-0.3, -0.25) is 0 Å². The van der Waals surface area contributed by atoms with Crippen LogP contribution in [0.4, 0.5) is 17.6 Å². The molecule has 4 rings (SSSR count). The van der Waals surface area contributed by atoms with E-state index >= 15 is 4.39 Å². The maximum Gasteiger partial charge on any atom is 0.167 e. The van der Waals surface area contributed by atoms with E-state index in [1.54, 1.807) is 48.6 Å². The first-order chi connectivity index (χ1) is 17.9. The van der Waals surface area contributed by atoms with E-state index in [1.807, 2.05) is 31.2 Å². The van der Waals surface area contributed by atoms with Crippen LogP contribution < -0.4 is 0 Å². The van der Waals surface area contributed by atoms with Crippen molar-refractivity contribution in [1.82, 2.24) is 0 Å². The summed E-state index contributed by atoms with van der Waals surface area (Å²) in [5.41, 5.74) is 3.56. The van der Waals surface area contributed by atoms with Gasteiger partial charge in [0.25, 0.3) is 0 Å². The predicted molar refractivity (Wildman–Crippen MR) is 145 cm³/mol. The van der Waals surface area contributed by atoms with Crippen LogP contribution in [0.15, 0.2) is 78.4 Å². The summed E-state index contributed by atoms with van der Waals surface area (Å²) in [5.74, 6) is -3.87. The first-order valence-corrected chi connectivity index (χ1v) is 13.3. The zero-order valence-electron chi connectivity index (χ0n) is 21.5. The van der Waals surface area contributed by atoms with E-state index in [0.29, 0.717) is 30.4 Å². The average Bonchev–Trinajstić information content (AvgIpc) is 2.92. The van der Waals surface area contributed by atoms with E-state index in [2.05, 4.69) is 6.92 Å². The Morgan fingerprint density at radius 1 is 0.703 bits per heavy atom. The molecule has 0 aliphatic heterocycles. The number of aryl methyl sites for hydroxylation is 1. The van der Waals surface area contributed by atoms with Crippen molar-refractivity contribution in [3.63, 3.8) is 0 Å². The lowest BCUT2D eigenvalue weighted by Crippen LogP contribution is -2.14. The van der Waals surface area contributed by atoms with Gasteiger partial charge in [0.05, 0.1) is 0 Å². The molecule has 0 nitrogen and oxygen atoms in total. The summed E-state index contributed by atoms with van der Waals surface area (Å²) in [4.78, 5) is 0. The third-order valence-electron chi connectivity index (χ3n) is 7.27. The standard InChI is InChI=1S/C33H34F4/c1-3-5-7-26-18-19-27(31(35)30(26)34)17-12-23-10-15-25(16-11-23)29-21-20-28(32(36)33(29)37)24-13-8-22(6-4-2)9-14-24/h8-17,20-21,26-27H,3-7,18-19H2,1-2H3/b17-12+. The second-order valence-electron chi connectivity index (χ2n) is 9.94. The van der Waals surface area contributed by atoms with Gasteiger partial charge >= 0.3 is 0 Å². The molecule has 0 bridgehead atoms. The fraction of sp³-hybridized carbons (Fsp3) is 0.333. The van der Waals surface area contributed by atoms with Gasteiger partial charge < -0.3 is 0 Å². The Morgan fingerprint density at radius 3 is 1.86 bits per heavy atom. The van der Waals surface area contributed by atoms with Crippen molar-refractivity contribution >= 4 is 6.08 Å². The third kappa shape index (κ3) is 6.23. The SMILES string of the molecule is CCCCC1CCC(/C=C/c2ccc(-c3ccc(-c4ccc(CCC)cc4)c(F)c3F)cc2)C(F)=C1F. The van der Waals surface area contributed by atoms with Gasteiger partial charge in [0.15, 0.2) is 11.6 Å². The van der Waals surface area contributed by atoms with Crippen molar-refractivity contribution in [3.8, 4) is 22.3 Å². The number of hydrogen-bond donors (Lipinski definition) is 0. The van der Waals surface area contributed by atoms with Crippen LogP contribution in [-0.2, 0) is 6.42 Å². The van der Waals surface area contributed by atoms with E-state index in [9.17, 15) is 13.2 Å². The Balaban J connectivity index is 1.48. The fourth-order valence-corrected chi connectivity index (χ4v) is 5.04. The van der Waals surface area contributed by atoms with E-state index in [-0.39, 0.29) is 17.0 Å². The molecule has 1 aliphatic carbocycles. The van der Waals surface area contributed by atoms with Crippen LogP contribution in [0, 0.1) is 23.5 Å². The molecule has 0 radical (unpaired) electrons. The van der Waals surface area contributed by atoms with Crippen LogP contribution in [0.2, 0.25) is 0 Å². The highest BCUT2D eigenvalue weighted by Gasteiger charge is 2.29. The molecule has 2 atom stereocenters. The molecule has 0 amide bonds. The maximum absolute atomic E-state index is 15.0. The molecule has 2 unspecified atom stereocenters. The first kappa shape index (κ1) is 26.9. The Kier molecular flexibility index (Phi) is 9.02. The van der Waals surface area contributed by atoms with Gasteiger partial charge in [-0.05, 0) is 47.9 Å². The maximum atomic E-state index is 15.0. The smallest absolute Gasteiger partial charge is 0.167 e. The highest BCUT2D eigenvalue weighted by Crippen LogP contribution is 2.39. The molecule has 0 spiro atoms. The molecule has 0 N–H and O–H groups in total. The number of allylic oxidation sites excluding steroid dienone is 3. The van der Waals surface area contributed by atoms with E-state index in [1.165, 1.54) is 5.56 Å². The van der Waals surface area contributed by atoms with Crippen LogP contribution in [-0.4, -0.2) is 0 Å². The minimum atomic E-state index is -0.888. The lowest BCUT2D eigenvalue weighted by Gasteiger charge is -2.24. The minimum absolute atomic E-state index is 0.181. The molecule has 0 fully saturated rings. The van der Waals surface area contributed by atoms with E-state index in [4.69, 9.17) is 0 Å². The molecular weight excluding hydrogens is 472 g/mol. The van der Waals surface area contributed by atoms with Gasteiger partial charge in [-0.15, -0.1) is 0 Å². The monoisotopic (exact) mass is 506 g/mol. The molecule has 3 aromatic carbocycles. The summed E-state index contributed by atoms with van der Waals surface area (Å²) in [5, 5.41) is 0. The van der Waals surface area contributed by atoms with Crippen LogP contribution in [0.3, 0.4) is 0 Å². The van der Waals surface area contributed by atoms with Gasteiger partial charge in [-0.25, -0.2) is 17.6 Å². The number of unbranched alkanes of at least 4 members (excludes halogenated alkanes) is 1. The molecule has 194 valence electrons. The lowest BCUT2D eigenvalue weighted by atomic mass is 9.83. The quantitative estimate of drug-likeness (QED) is 0.253. The summed E-state index contributed by atoms with van der Waals surface area (Å²) in [6, 6.07) is 17.7. The highest BCUT2D eigenvalue weighted by atomic mass is 19.2. The van der Waals surface area contributed by atoms with Crippen LogP contribution >= 0.6 is 0 Å². The summed E-state index contributed by atoms with van der Waals surface area (Å²) < 4.78 is 59.1. The minimum Gasteiger partial charge on any atom is -0.209 e. The van der Waals surface area contributed by atoms with E-state index in [0.717, 1.165) is 31.2 Å². The lowest BCUT2D eigenvalue weighted by molar-refractivity contribution is 0.304. The average molecular weight is 507 g/mol. The largest absolute Gasteiger partial charge is 0.209 e. The van der Waals surface area contributed by atoms with Gasteiger partial charge in [0.2, 0.25) is 0 Å². The van der Waals surface area contributed by atoms with Crippen molar-refractivity contribution in [2.75, 3.05) is 0 Å². The van der Waals surface area contributed by atoms with Crippen molar-refractivity contribution in [3.05, 3.63) is 101 Å². The zero-order chi connectivity index (χ0) is 26.4. The Hall–Kier alpha value is -3.14. The first-order valence-electron chi connectivity index (χ1n) is 13.3. The number of rotatable bonds is 9. The van der Waals surface area contributed by atoms with Crippen molar-refractivity contribution in [1.29, 1.82) is 0 Å². The van der Waals surface area contributed by atoms with Crippen LogP contribution in [0.5, 0.6) is 0 Å². The van der Waals surface area contributed by atoms with Crippen LogP contribution in [0.1, 0.15) is 63.5 Å². The van der Waals surface area contributed by atoms with Gasteiger partial charge in [0, 0.05) is 23.0 Å². The van der Waals surface area contributed by atoms with Gasteiger partial charge in [-0.2, -0.15) is 0 Å². The van der Waals surface area contributed by atoms with Crippen LogP contribution in [0.25, 0.3) is 28.3 Å². The number of halogens is 4. The second kappa shape index (κ2) is 12.4. The molecule has 0 aromatic heterocycles. The molecule has 37 heavy (non-hydrogen) atoms. The summed E-state index contributed by atoms with van der Waals surface area (Å²) in [6.45, 7) is 4.15.